The monoisotopic (exact) mass is 334 g/mol. The summed E-state index contributed by atoms with van der Waals surface area (Å²) in [5.74, 6) is 0.661. The standard InChI is InChI=1S/C18H14N4OS/c19-10-11-23-16-8-6-14(7-9-16)12-20-22-18-21-17(13-24-18)15-4-2-1-3-5-15/h1-9,12-13H,11H2,(H,21,22). The molecule has 0 saturated heterocycles. The smallest absolute Gasteiger partial charge is 0.203 e. The molecule has 1 aromatic heterocycles. The van der Waals surface area contributed by atoms with Crippen LogP contribution in [0.25, 0.3) is 11.3 Å². The third-order valence-corrected chi connectivity index (χ3v) is 3.88. The lowest BCUT2D eigenvalue weighted by atomic mass is 10.2. The molecule has 0 spiro atoms. The predicted molar refractivity (Wildman–Crippen MR) is 96.3 cm³/mol. The van der Waals surface area contributed by atoms with Crippen molar-refractivity contribution in [3.05, 3.63) is 65.5 Å². The highest BCUT2D eigenvalue weighted by atomic mass is 32.1. The number of nitrogens with zero attached hydrogens (tertiary/aromatic N) is 3. The van der Waals surface area contributed by atoms with Crippen molar-refractivity contribution in [1.82, 2.24) is 4.98 Å². The second-order valence-electron chi connectivity index (χ2n) is 4.79. The van der Waals surface area contributed by atoms with E-state index in [0.29, 0.717) is 5.75 Å². The van der Waals surface area contributed by atoms with E-state index < -0.39 is 0 Å². The van der Waals surface area contributed by atoms with Crippen LogP contribution in [0.2, 0.25) is 0 Å². The molecule has 0 radical (unpaired) electrons. The molecule has 0 aliphatic rings. The number of nitrogens with one attached hydrogen (secondary N) is 1. The number of thiazole rings is 1. The summed E-state index contributed by atoms with van der Waals surface area (Å²) in [7, 11) is 0. The first-order valence-electron chi connectivity index (χ1n) is 7.25. The first kappa shape index (κ1) is 15.7. The summed E-state index contributed by atoms with van der Waals surface area (Å²) >= 11 is 1.50. The largest absolute Gasteiger partial charge is 0.479 e. The van der Waals surface area contributed by atoms with Crippen molar-refractivity contribution in [3.8, 4) is 23.1 Å². The number of aromatic nitrogens is 1. The topological polar surface area (TPSA) is 70.3 Å². The summed E-state index contributed by atoms with van der Waals surface area (Å²) in [6.45, 7) is 0.0444. The maximum absolute atomic E-state index is 8.47. The van der Waals surface area contributed by atoms with E-state index in [4.69, 9.17) is 10.00 Å². The molecule has 0 aliphatic heterocycles. The van der Waals surface area contributed by atoms with Gasteiger partial charge < -0.3 is 4.74 Å². The van der Waals surface area contributed by atoms with Crippen LogP contribution in [0.1, 0.15) is 5.56 Å². The van der Waals surface area contributed by atoms with Gasteiger partial charge in [-0.25, -0.2) is 4.98 Å². The van der Waals surface area contributed by atoms with Gasteiger partial charge in [-0.15, -0.1) is 11.3 Å². The number of benzene rings is 2. The molecular formula is C18H14N4OS. The molecule has 3 rings (SSSR count). The number of rotatable bonds is 6. The molecule has 3 aromatic rings. The van der Waals surface area contributed by atoms with Gasteiger partial charge in [-0.2, -0.15) is 10.4 Å². The highest BCUT2D eigenvalue weighted by Gasteiger charge is 2.02. The lowest BCUT2D eigenvalue weighted by molar-refractivity contribution is 0.368. The van der Waals surface area contributed by atoms with Gasteiger partial charge in [-0.05, 0) is 29.8 Å². The van der Waals surface area contributed by atoms with Crippen molar-refractivity contribution in [1.29, 1.82) is 5.26 Å². The van der Waals surface area contributed by atoms with E-state index in [-0.39, 0.29) is 6.61 Å². The van der Waals surface area contributed by atoms with Gasteiger partial charge in [0.15, 0.2) is 6.61 Å². The van der Waals surface area contributed by atoms with Gasteiger partial charge in [0.25, 0.3) is 0 Å². The number of hydrazone groups is 1. The Morgan fingerprint density at radius 2 is 1.96 bits per heavy atom. The van der Waals surface area contributed by atoms with Gasteiger partial charge in [0.2, 0.25) is 5.13 Å². The van der Waals surface area contributed by atoms with Crippen molar-refractivity contribution >= 4 is 22.7 Å². The molecule has 118 valence electrons. The molecule has 2 aromatic carbocycles. The fourth-order valence-corrected chi connectivity index (χ4v) is 2.66. The normalized spacial score (nSPS) is 10.5. The van der Waals surface area contributed by atoms with E-state index >= 15 is 0 Å². The Bertz CT molecular complexity index is 851. The summed E-state index contributed by atoms with van der Waals surface area (Å²) in [6, 6.07) is 19.3. The molecule has 1 heterocycles. The molecule has 0 amide bonds. The zero-order valence-electron chi connectivity index (χ0n) is 12.7. The third-order valence-electron chi connectivity index (χ3n) is 3.13. The van der Waals surface area contributed by atoms with Crippen LogP contribution in [0, 0.1) is 11.3 Å². The van der Waals surface area contributed by atoms with Crippen molar-refractivity contribution in [2.45, 2.75) is 0 Å². The number of hydrogen-bond acceptors (Lipinski definition) is 6. The average molecular weight is 334 g/mol. The van der Waals surface area contributed by atoms with Gasteiger partial charge in [0.05, 0.1) is 11.9 Å². The third kappa shape index (κ3) is 4.18. The van der Waals surface area contributed by atoms with Crippen LogP contribution in [0.3, 0.4) is 0 Å². The van der Waals surface area contributed by atoms with Crippen LogP contribution < -0.4 is 10.2 Å². The molecular weight excluding hydrogens is 320 g/mol. The highest BCUT2D eigenvalue weighted by Crippen LogP contribution is 2.24. The molecule has 0 atom stereocenters. The fourth-order valence-electron chi connectivity index (χ4n) is 1.99. The van der Waals surface area contributed by atoms with Gasteiger partial charge in [-0.3, -0.25) is 5.43 Å². The Morgan fingerprint density at radius 1 is 1.17 bits per heavy atom. The van der Waals surface area contributed by atoms with Crippen molar-refractivity contribution in [3.63, 3.8) is 0 Å². The van der Waals surface area contributed by atoms with E-state index in [2.05, 4.69) is 15.5 Å². The average Bonchev–Trinajstić information content (AvgIpc) is 3.11. The van der Waals surface area contributed by atoms with E-state index in [0.717, 1.165) is 22.0 Å². The summed E-state index contributed by atoms with van der Waals surface area (Å²) in [4.78, 5) is 4.50. The molecule has 0 bridgehead atoms. The summed E-state index contributed by atoms with van der Waals surface area (Å²) < 4.78 is 5.20. The Labute approximate surface area is 143 Å². The Hall–Kier alpha value is -3.17. The first-order chi connectivity index (χ1) is 11.8. The van der Waals surface area contributed by atoms with Crippen LogP contribution >= 0.6 is 11.3 Å². The van der Waals surface area contributed by atoms with Gasteiger partial charge in [-0.1, -0.05) is 30.3 Å². The van der Waals surface area contributed by atoms with Crippen LogP contribution in [0.15, 0.2) is 65.1 Å². The number of hydrogen-bond donors (Lipinski definition) is 1. The lowest BCUT2D eigenvalue weighted by Gasteiger charge is -2.00. The van der Waals surface area contributed by atoms with Crippen LogP contribution in [0.4, 0.5) is 5.13 Å². The Morgan fingerprint density at radius 3 is 2.71 bits per heavy atom. The van der Waals surface area contributed by atoms with E-state index in [1.807, 2.05) is 53.9 Å². The number of anilines is 1. The van der Waals surface area contributed by atoms with Crippen LogP contribution in [-0.4, -0.2) is 17.8 Å². The summed E-state index contributed by atoms with van der Waals surface area (Å²) in [5, 5.41) is 15.4. The second kappa shape index (κ2) is 7.90. The van der Waals surface area contributed by atoms with Crippen LogP contribution in [-0.2, 0) is 0 Å². The molecule has 0 unspecified atom stereocenters. The highest BCUT2D eigenvalue weighted by molar-refractivity contribution is 7.14. The molecule has 5 nitrogen and oxygen atoms in total. The van der Waals surface area contributed by atoms with E-state index in [9.17, 15) is 0 Å². The van der Waals surface area contributed by atoms with Crippen molar-refractivity contribution < 1.29 is 4.74 Å². The molecule has 0 fully saturated rings. The van der Waals surface area contributed by atoms with E-state index in [1.165, 1.54) is 11.3 Å². The van der Waals surface area contributed by atoms with Gasteiger partial charge >= 0.3 is 0 Å². The van der Waals surface area contributed by atoms with Crippen molar-refractivity contribution in [2.24, 2.45) is 5.10 Å². The molecule has 1 N–H and O–H groups in total. The number of ether oxygens (including phenoxy) is 1. The molecule has 6 heteroatoms. The van der Waals surface area contributed by atoms with Gasteiger partial charge in [0, 0.05) is 10.9 Å². The fraction of sp³-hybridized carbons (Fsp3) is 0.0556. The van der Waals surface area contributed by atoms with Gasteiger partial charge in [0.1, 0.15) is 11.8 Å². The zero-order valence-corrected chi connectivity index (χ0v) is 13.5. The molecule has 0 saturated carbocycles. The van der Waals surface area contributed by atoms with Crippen LogP contribution in [0.5, 0.6) is 5.75 Å². The van der Waals surface area contributed by atoms with Crippen molar-refractivity contribution in [2.75, 3.05) is 12.0 Å². The quantitative estimate of drug-likeness (QED) is 0.543. The molecule has 0 aliphatic carbocycles. The minimum atomic E-state index is 0.0444. The lowest BCUT2D eigenvalue weighted by Crippen LogP contribution is -1.94. The second-order valence-corrected chi connectivity index (χ2v) is 5.65. The maximum atomic E-state index is 8.47. The number of nitriles is 1. The minimum Gasteiger partial charge on any atom is -0.479 e. The predicted octanol–water partition coefficient (Wildman–Crippen LogP) is 4.16. The van der Waals surface area contributed by atoms with E-state index in [1.54, 1.807) is 18.3 Å². The molecule has 24 heavy (non-hydrogen) atoms. The minimum absolute atomic E-state index is 0.0444. The zero-order chi connectivity index (χ0) is 16.6. The Balaban J connectivity index is 1.59. The summed E-state index contributed by atoms with van der Waals surface area (Å²) in [5.41, 5.74) is 5.87. The maximum Gasteiger partial charge on any atom is 0.203 e. The Kier molecular flexibility index (Phi) is 5.17. The first-order valence-corrected chi connectivity index (χ1v) is 8.13. The summed E-state index contributed by atoms with van der Waals surface area (Å²) in [6.07, 6.45) is 1.71. The SMILES string of the molecule is N#CCOc1ccc(C=NNc2nc(-c3ccccc3)cs2)cc1.